The standard InChI is InChI=1S/C24H22ClFN2O3S/c1-31-21-7-9-22(10-8-21)32(29,30)28(16-17-2-4-19(25)5-3-17)13-12-18-15-27-24-11-6-20(26)14-23(18)24/h2-11,14-15,27H,12-13,16H2,1H3. The van der Waals surface area contributed by atoms with Crippen molar-refractivity contribution in [3.05, 3.63) is 94.9 Å². The van der Waals surface area contributed by atoms with Crippen molar-refractivity contribution < 1.29 is 17.5 Å². The number of aromatic nitrogens is 1. The lowest BCUT2D eigenvalue weighted by Crippen LogP contribution is -2.32. The van der Waals surface area contributed by atoms with Crippen molar-refractivity contribution in [3.8, 4) is 5.75 Å². The van der Waals surface area contributed by atoms with Crippen LogP contribution in [0.3, 0.4) is 0 Å². The second kappa shape index (κ2) is 9.32. The van der Waals surface area contributed by atoms with Crippen LogP contribution in [0.5, 0.6) is 5.75 Å². The molecule has 0 spiro atoms. The Hall–Kier alpha value is -2.87. The molecule has 0 saturated carbocycles. The molecule has 0 fully saturated rings. The molecule has 0 aliphatic heterocycles. The number of fused-ring (bicyclic) bond motifs is 1. The van der Waals surface area contributed by atoms with Crippen LogP contribution in [0, 0.1) is 5.82 Å². The number of ether oxygens (including phenoxy) is 1. The first-order valence-corrected chi connectivity index (χ1v) is 11.8. The molecule has 0 saturated heterocycles. The number of rotatable bonds is 8. The minimum absolute atomic E-state index is 0.178. The molecule has 5 nitrogen and oxygen atoms in total. The van der Waals surface area contributed by atoms with Gasteiger partial charge in [0.15, 0.2) is 0 Å². The molecule has 8 heteroatoms. The number of benzene rings is 3. The van der Waals surface area contributed by atoms with Gasteiger partial charge in [-0.05, 0) is 72.1 Å². The van der Waals surface area contributed by atoms with Gasteiger partial charge in [0, 0.05) is 35.2 Å². The molecular weight excluding hydrogens is 451 g/mol. The molecule has 166 valence electrons. The molecule has 32 heavy (non-hydrogen) atoms. The van der Waals surface area contributed by atoms with Gasteiger partial charge in [-0.2, -0.15) is 4.31 Å². The quantitative estimate of drug-likeness (QED) is 0.373. The Bertz CT molecular complexity index is 1320. The second-order valence-electron chi connectivity index (χ2n) is 7.39. The number of sulfonamides is 1. The molecule has 3 aromatic carbocycles. The van der Waals surface area contributed by atoms with Crippen molar-refractivity contribution in [2.75, 3.05) is 13.7 Å². The zero-order valence-corrected chi connectivity index (χ0v) is 19.0. The van der Waals surface area contributed by atoms with Crippen LogP contribution in [-0.2, 0) is 23.0 Å². The maximum atomic E-state index is 13.7. The molecule has 1 N–H and O–H groups in total. The lowest BCUT2D eigenvalue weighted by atomic mass is 10.1. The fraction of sp³-hybridized carbons (Fsp3) is 0.167. The molecule has 0 aliphatic rings. The summed E-state index contributed by atoms with van der Waals surface area (Å²) in [6, 6.07) is 17.9. The second-order valence-corrected chi connectivity index (χ2v) is 9.77. The molecule has 0 radical (unpaired) electrons. The Labute approximate surface area is 191 Å². The van der Waals surface area contributed by atoms with Crippen LogP contribution < -0.4 is 4.74 Å². The molecule has 0 atom stereocenters. The van der Waals surface area contributed by atoms with Gasteiger partial charge < -0.3 is 9.72 Å². The molecule has 0 unspecified atom stereocenters. The normalized spacial score (nSPS) is 11.9. The van der Waals surface area contributed by atoms with Gasteiger partial charge in [0.25, 0.3) is 0 Å². The van der Waals surface area contributed by atoms with Crippen LogP contribution in [-0.4, -0.2) is 31.4 Å². The van der Waals surface area contributed by atoms with Crippen LogP contribution in [0.25, 0.3) is 10.9 Å². The van der Waals surface area contributed by atoms with Crippen molar-refractivity contribution in [1.82, 2.24) is 9.29 Å². The van der Waals surface area contributed by atoms with E-state index in [0.717, 1.165) is 22.0 Å². The van der Waals surface area contributed by atoms with E-state index in [1.165, 1.54) is 35.7 Å². The minimum atomic E-state index is -3.79. The van der Waals surface area contributed by atoms with E-state index in [0.29, 0.717) is 17.2 Å². The zero-order chi connectivity index (χ0) is 22.7. The van der Waals surface area contributed by atoms with Gasteiger partial charge in [0.2, 0.25) is 10.0 Å². The number of hydrogen-bond acceptors (Lipinski definition) is 3. The van der Waals surface area contributed by atoms with Gasteiger partial charge in [0.1, 0.15) is 11.6 Å². The summed E-state index contributed by atoms with van der Waals surface area (Å²) >= 11 is 5.98. The Morgan fingerprint density at radius 3 is 2.44 bits per heavy atom. The van der Waals surface area contributed by atoms with Gasteiger partial charge in [0.05, 0.1) is 12.0 Å². The maximum Gasteiger partial charge on any atom is 0.243 e. The largest absolute Gasteiger partial charge is 0.497 e. The Morgan fingerprint density at radius 2 is 1.75 bits per heavy atom. The predicted molar refractivity (Wildman–Crippen MR) is 124 cm³/mol. The van der Waals surface area contributed by atoms with Crippen LogP contribution in [0.1, 0.15) is 11.1 Å². The fourth-order valence-corrected chi connectivity index (χ4v) is 5.13. The van der Waals surface area contributed by atoms with Crippen LogP contribution in [0.2, 0.25) is 5.02 Å². The van der Waals surface area contributed by atoms with Gasteiger partial charge in [-0.3, -0.25) is 0 Å². The number of H-pyrrole nitrogens is 1. The average Bonchev–Trinajstić information content (AvgIpc) is 3.19. The highest BCUT2D eigenvalue weighted by molar-refractivity contribution is 7.89. The lowest BCUT2D eigenvalue weighted by Gasteiger charge is -2.22. The summed E-state index contributed by atoms with van der Waals surface area (Å²) in [5.41, 5.74) is 2.48. The summed E-state index contributed by atoms with van der Waals surface area (Å²) in [6.07, 6.45) is 2.22. The van der Waals surface area contributed by atoms with Crippen molar-refractivity contribution in [3.63, 3.8) is 0 Å². The average molecular weight is 473 g/mol. The maximum absolute atomic E-state index is 13.7. The van der Waals surface area contributed by atoms with Gasteiger partial charge in [-0.15, -0.1) is 0 Å². The van der Waals surface area contributed by atoms with Crippen molar-refractivity contribution in [2.45, 2.75) is 17.9 Å². The highest BCUT2D eigenvalue weighted by Crippen LogP contribution is 2.24. The summed E-state index contributed by atoms with van der Waals surface area (Å²) in [5, 5.41) is 1.33. The molecule has 0 amide bonds. The van der Waals surface area contributed by atoms with E-state index >= 15 is 0 Å². The minimum Gasteiger partial charge on any atom is -0.497 e. The van der Waals surface area contributed by atoms with E-state index in [1.807, 2.05) is 0 Å². The van der Waals surface area contributed by atoms with E-state index < -0.39 is 10.0 Å². The summed E-state index contributed by atoms with van der Waals surface area (Å²) in [7, 11) is -2.26. The Kier molecular flexibility index (Phi) is 6.50. The number of aromatic amines is 1. The third-order valence-corrected chi connectivity index (χ3v) is 7.44. The highest BCUT2D eigenvalue weighted by Gasteiger charge is 2.25. The molecule has 4 rings (SSSR count). The van der Waals surface area contributed by atoms with Crippen molar-refractivity contribution in [1.29, 1.82) is 0 Å². The highest BCUT2D eigenvalue weighted by atomic mass is 35.5. The molecule has 1 aromatic heterocycles. The first-order valence-electron chi connectivity index (χ1n) is 10.0. The number of nitrogens with zero attached hydrogens (tertiary/aromatic N) is 1. The molecule has 0 bridgehead atoms. The van der Waals surface area contributed by atoms with E-state index in [-0.39, 0.29) is 23.8 Å². The van der Waals surface area contributed by atoms with Gasteiger partial charge in [-0.1, -0.05) is 23.7 Å². The fourth-order valence-electron chi connectivity index (χ4n) is 3.58. The first kappa shape index (κ1) is 22.3. The molecular formula is C24H22ClFN2O3S. The van der Waals surface area contributed by atoms with Crippen molar-refractivity contribution in [2.24, 2.45) is 0 Å². The summed E-state index contributed by atoms with van der Waals surface area (Å²) in [5.74, 6) is 0.247. The summed E-state index contributed by atoms with van der Waals surface area (Å²) in [6.45, 7) is 0.405. The number of methoxy groups -OCH3 is 1. The molecule has 0 aliphatic carbocycles. The predicted octanol–water partition coefficient (Wildman–Crippen LogP) is 5.40. The number of hydrogen-bond donors (Lipinski definition) is 1. The molecule has 4 aromatic rings. The summed E-state index contributed by atoms with van der Waals surface area (Å²) in [4.78, 5) is 3.29. The van der Waals surface area contributed by atoms with Gasteiger partial charge in [-0.25, -0.2) is 12.8 Å². The molecule has 1 heterocycles. The van der Waals surface area contributed by atoms with E-state index in [2.05, 4.69) is 4.98 Å². The van der Waals surface area contributed by atoms with Crippen LogP contribution in [0.4, 0.5) is 4.39 Å². The van der Waals surface area contributed by atoms with E-state index in [4.69, 9.17) is 16.3 Å². The number of halogens is 2. The van der Waals surface area contributed by atoms with Gasteiger partial charge >= 0.3 is 0 Å². The third kappa shape index (κ3) is 4.80. The Balaban J connectivity index is 1.64. The topological polar surface area (TPSA) is 62.4 Å². The van der Waals surface area contributed by atoms with Crippen LogP contribution in [0.15, 0.2) is 77.8 Å². The monoisotopic (exact) mass is 472 g/mol. The van der Waals surface area contributed by atoms with Crippen molar-refractivity contribution >= 4 is 32.5 Å². The SMILES string of the molecule is COc1ccc(S(=O)(=O)N(CCc2c[nH]c3ccc(F)cc23)Cc2ccc(Cl)cc2)cc1. The van der Waals surface area contributed by atoms with E-state index in [1.54, 1.807) is 48.7 Å². The first-order chi connectivity index (χ1) is 15.4. The smallest absolute Gasteiger partial charge is 0.243 e. The van der Waals surface area contributed by atoms with E-state index in [9.17, 15) is 12.8 Å². The van der Waals surface area contributed by atoms with Crippen LogP contribution >= 0.6 is 11.6 Å². The number of nitrogens with one attached hydrogen (secondary N) is 1. The lowest BCUT2D eigenvalue weighted by molar-refractivity contribution is 0.408. The Morgan fingerprint density at radius 1 is 1.03 bits per heavy atom. The third-order valence-electron chi connectivity index (χ3n) is 5.33. The zero-order valence-electron chi connectivity index (χ0n) is 17.4. The summed E-state index contributed by atoms with van der Waals surface area (Å²) < 4.78 is 47.3.